The normalized spacial score (nSPS) is 11.0. The van der Waals surface area contributed by atoms with E-state index in [2.05, 4.69) is 10.3 Å². The molecule has 3 heterocycles. The number of nitrogen functional groups attached to an aromatic ring is 1. The monoisotopic (exact) mass is 383 g/mol. The van der Waals surface area contributed by atoms with Crippen LogP contribution in [0.4, 0.5) is 5.69 Å². The molecule has 3 aromatic heterocycles. The Labute approximate surface area is 156 Å². The number of anilines is 1. The van der Waals surface area contributed by atoms with Crippen molar-refractivity contribution >= 4 is 33.0 Å². The van der Waals surface area contributed by atoms with Crippen LogP contribution < -0.4 is 20.8 Å². The maximum absolute atomic E-state index is 13.1. The molecule has 0 aliphatic carbocycles. The number of nitrogens with two attached hydrogens (primary N) is 1. The number of carbonyl (C=O) groups is 1. The van der Waals surface area contributed by atoms with Crippen LogP contribution >= 0.6 is 11.3 Å². The highest BCUT2D eigenvalue weighted by Gasteiger charge is 2.34. The quantitative estimate of drug-likeness (QED) is 0.411. The van der Waals surface area contributed by atoms with E-state index < -0.39 is 11.4 Å². The Morgan fingerprint density at radius 2 is 2.00 bits per heavy atom. The van der Waals surface area contributed by atoms with Crippen LogP contribution in [0.3, 0.4) is 0 Å². The van der Waals surface area contributed by atoms with Crippen molar-refractivity contribution in [2.75, 3.05) is 12.8 Å². The number of benzene rings is 1. The van der Waals surface area contributed by atoms with Gasteiger partial charge >= 0.3 is 11.3 Å². The highest BCUT2D eigenvalue weighted by Crippen LogP contribution is 2.33. The fourth-order valence-corrected chi connectivity index (χ4v) is 3.83. The summed E-state index contributed by atoms with van der Waals surface area (Å²) in [7, 11) is 1.55. The molecule has 0 atom stereocenters. The van der Waals surface area contributed by atoms with Crippen molar-refractivity contribution in [3.05, 3.63) is 63.1 Å². The van der Waals surface area contributed by atoms with E-state index in [4.69, 9.17) is 15.0 Å². The fraction of sp³-hybridized carbons (Fsp3) is 0.111. The van der Waals surface area contributed by atoms with Gasteiger partial charge in [-0.1, -0.05) is 0 Å². The van der Waals surface area contributed by atoms with Gasteiger partial charge < -0.3 is 10.5 Å². The molecule has 0 unspecified atom stereocenters. The van der Waals surface area contributed by atoms with Crippen LogP contribution in [0, 0.1) is 6.92 Å². The van der Waals surface area contributed by atoms with Crippen LogP contribution in [0.2, 0.25) is 0 Å². The summed E-state index contributed by atoms with van der Waals surface area (Å²) in [6.45, 7) is 1.86. The van der Waals surface area contributed by atoms with E-state index in [1.165, 1.54) is 4.68 Å². The second-order valence-electron chi connectivity index (χ2n) is 5.84. The van der Waals surface area contributed by atoms with Gasteiger partial charge in [0.05, 0.1) is 12.8 Å². The van der Waals surface area contributed by atoms with Crippen LogP contribution in [0.1, 0.15) is 21.1 Å². The zero-order valence-corrected chi connectivity index (χ0v) is 15.3. The molecule has 4 rings (SSSR count). The number of aryl methyl sites for hydroxylation is 1. The number of nitrogens with one attached hydrogen (secondary N) is 1. The molecule has 0 aliphatic heterocycles. The van der Waals surface area contributed by atoms with Gasteiger partial charge in [0.2, 0.25) is 5.69 Å². The zero-order valence-electron chi connectivity index (χ0n) is 14.5. The van der Waals surface area contributed by atoms with E-state index in [-0.39, 0.29) is 10.6 Å². The van der Waals surface area contributed by atoms with Crippen molar-refractivity contribution in [3.8, 4) is 11.4 Å². The first-order valence-electron chi connectivity index (χ1n) is 7.98. The minimum atomic E-state index is -0.781. The maximum Gasteiger partial charge on any atom is 0.439 e. The summed E-state index contributed by atoms with van der Waals surface area (Å²) in [5, 5.41) is 3.14. The average Bonchev–Trinajstić information content (AvgIpc) is 3.21. The summed E-state index contributed by atoms with van der Waals surface area (Å²) < 4.78 is 11.3. The Hall–Kier alpha value is -3.46. The van der Waals surface area contributed by atoms with Crippen LogP contribution in [0.25, 0.3) is 15.9 Å². The smallest absolute Gasteiger partial charge is 0.439 e. The number of methoxy groups -OCH3 is 1. The number of rotatable bonds is 4. The van der Waals surface area contributed by atoms with Gasteiger partial charge in [0.25, 0.3) is 5.78 Å². The third kappa shape index (κ3) is 2.77. The molecular weight excluding hydrogens is 368 g/mol. The topological polar surface area (TPSA) is 115 Å². The van der Waals surface area contributed by atoms with Crippen molar-refractivity contribution in [1.29, 1.82) is 0 Å². The molecule has 1 aromatic carbocycles. The number of fused-ring (bicyclic) bond motifs is 1. The van der Waals surface area contributed by atoms with Crippen molar-refractivity contribution in [2.45, 2.75) is 6.92 Å². The number of H-pyrrole nitrogens is 1. The minimum absolute atomic E-state index is 0.171. The molecule has 4 aromatic rings. The number of hydrogen-bond donors (Lipinski definition) is 2. The number of carbonyl (C=O) groups excluding carboxylic acids is 1. The summed E-state index contributed by atoms with van der Waals surface area (Å²) in [5.74, 6) is 0.118. The van der Waals surface area contributed by atoms with Gasteiger partial charge in [-0.05, 0) is 41.1 Å². The summed E-state index contributed by atoms with van der Waals surface area (Å²) in [6.07, 6.45) is 0. The van der Waals surface area contributed by atoms with E-state index in [1.54, 1.807) is 31.4 Å². The van der Waals surface area contributed by atoms with E-state index in [0.29, 0.717) is 27.3 Å². The van der Waals surface area contributed by atoms with Gasteiger partial charge in [-0.15, -0.1) is 11.3 Å². The second kappa shape index (κ2) is 6.36. The molecule has 0 amide bonds. The third-order valence-electron chi connectivity index (χ3n) is 4.13. The molecule has 0 spiro atoms. The van der Waals surface area contributed by atoms with Crippen LogP contribution in [0.15, 0.2) is 45.7 Å². The van der Waals surface area contributed by atoms with Gasteiger partial charge in [-0.3, -0.25) is 9.32 Å². The number of thiophene rings is 1. The number of ether oxygens (including phenoxy) is 1. The van der Waals surface area contributed by atoms with Gasteiger partial charge in [0.15, 0.2) is 0 Å². The molecule has 0 radical (unpaired) electrons. The SMILES string of the molecule is COc1ccc(-[n+]2[nH]oc(=O)c2C(=O)c2sc3nc(C)ccc3c2N)cc1. The van der Waals surface area contributed by atoms with E-state index >= 15 is 0 Å². The molecule has 27 heavy (non-hydrogen) atoms. The van der Waals surface area contributed by atoms with Crippen molar-refractivity contribution in [2.24, 2.45) is 0 Å². The van der Waals surface area contributed by atoms with E-state index in [1.807, 2.05) is 19.1 Å². The number of pyridine rings is 1. The van der Waals surface area contributed by atoms with E-state index in [0.717, 1.165) is 17.0 Å². The summed E-state index contributed by atoms with van der Waals surface area (Å²) in [6, 6.07) is 10.4. The largest absolute Gasteiger partial charge is 0.497 e. The Morgan fingerprint density at radius 1 is 1.26 bits per heavy atom. The summed E-state index contributed by atoms with van der Waals surface area (Å²) in [4.78, 5) is 30.6. The van der Waals surface area contributed by atoms with Gasteiger partial charge in [0.1, 0.15) is 15.5 Å². The third-order valence-corrected chi connectivity index (χ3v) is 5.25. The highest BCUT2D eigenvalue weighted by molar-refractivity contribution is 7.21. The Morgan fingerprint density at radius 3 is 2.70 bits per heavy atom. The predicted molar refractivity (Wildman–Crippen MR) is 99.6 cm³/mol. The number of nitrogens with zero attached hydrogens (tertiary/aromatic N) is 2. The summed E-state index contributed by atoms with van der Waals surface area (Å²) >= 11 is 1.15. The highest BCUT2D eigenvalue weighted by atomic mass is 32.1. The Bertz CT molecular complexity index is 1220. The summed E-state index contributed by atoms with van der Waals surface area (Å²) in [5.41, 5.74) is 6.86. The number of aromatic amines is 1. The Kier molecular flexibility index (Phi) is 4.00. The van der Waals surface area contributed by atoms with Crippen LogP contribution in [-0.4, -0.2) is 23.1 Å². The average molecular weight is 383 g/mol. The van der Waals surface area contributed by atoms with Gasteiger partial charge in [-0.25, -0.2) is 9.78 Å². The lowest BCUT2D eigenvalue weighted by Crippen LogP contribution is -2.41. The van der Waals surface area contributed by atoms with Crippen molar-refractivity contribution < 1.29 is 18.7 Å². The maximum atomic E-state index is 13.1. The standard InChI is InChI=1S/C18H14N4O4S/c1-9-3-8-12-13(19)16(27-17(12)20-9)15(23)14-18(24)26-21-22(14)10-4-6-11(25-2)7-5-10/h3-8H,1-2H3,(H2-,19,21,23,24)/p+1. The fourth-order valence-electron chi connectivity index (χ4n) is 2.75. The molecule has 0 saturated heterocycles. The van der Waals surface area contributed by atoms with Gasteiger partial charge in [0, 0.05) is 23.2 Å². The predicted octanol–water partition coefficient (Wildman–Crippen LogP) is 1.98. The molecule has 0 fully saturated rings. The van der Waals surface area contributed by atoms with Crippen molar-refractivity contribution in [1.82, 2.24) is 10.3 Å². The molecular formula is C18H15N4O4S+. The number of hydrogen-bond acceptors (Lipinski definition) is 7. The first-order chi connectivity index (χ1) is 13.0. The van der Waals surface area contributed by atoms with Gasteiger partial charge in [-0.2, -0.15) is 0 Å². The van der Waals surface area contributed by atoms with E-state index in [9.17, 15) is 9.59 Å². The molecule has 9 heteroatoms. The second-order valence-corrected chi connectivity index (χ2v) is 6.84. The molecule has 3 N–H and O–H groups in total. The first kappa shape index (κ1) is 17.0. The lowest BCUT2D eigenvalue weighted by Gasteiger charge is -1.98. The van der Waals surface area contributed by atoms with Crippen LogP contribution in [0.5, 0.6) is 5.75 Å². The molecule has 8 nitrogen and oxygen atoms in total. The first-order valence-corrected chi connectivity index (χ1v) is 8.79. The zero-order chi connectivity index (χ0) is 19.1. The molecule has 0 aliphatic rings. The lowest BCUT2D eigenvalue weighted by molar-refractivity contribution is -0.672. The Balaban J connectivity index is 1.84. The molecule has 0 saturated carbocycles. The lowest BCUT2D eigenvalue weighted by atomic mass is 10.2. The molecule has 0 bridgehead atoms. The number of ketones is 1. The minimum Gasteiger partial charge on any atom is -0.497 e. The number of aromatic nitrogens is 3. The van der Waals surface area contributed by atoms with Crippen molar-refractivity contribution in [3.63, 3.8) is 0 Å². The molecule has 136 valence electrons. The van der Waals surface area contributed by atoms with Crippen LogP contribution in [-0.2, 0) is 0 Å².